The molecule has 2 aromatic carbocycles. The number of halogens is 1. The molecule has 28 heavy (non-hydrogen) atoms. The van der Waals surface area contributed by atoms with Gasteiger partial charge in [-0.15, -0.1) is 0 Å². The SMILES string of the molecule is COc1ccc(Br)cc1C(=O)NC(=S)Nc1cccc(C(=O)N2CCCC2)c1. The molecule has 0 spiro atoms. The van der Waals surface area contributed by atoms with Crippen molar-refractivity contribution in [3.05, 3.63) is 58.1 Å². The van der Waals surface area contributed by atoms with Crippen LogP contribution in [0.5, 0.6) is 5.75 Å². The highest BCUT2D eigenvalue weighted by Gasteiger charge is 2.20. The van der Waals surface area contributed by atoms with Crippen molar-refractivity contribution in [2.75, 3.05) is 25.5 Å². The van der Waals surface area contributed by atoms with Crippen molar-refractivity contribution in [2.45, 2.75) is 12.8 Å². The van der Waals surface area contributed by atoms with Gasteiger partial charge in [0.25, 0.3) is 11.8 Å². The van der Waals surface area contributed by atoms with Crippen LogP contribution in [0.25, 0.3) is 0 Å². The number of methoxy groups -OCH3 is 1. The van der Waals surface area contributed by atoms with Crippen LogP contribution < -0.4 is 15.4 Å². The Labute approximate surface area is 177 Å². The summed E-state index contributed by atoms with van der Waals surface area (Å²) < 4.78 is 5.98. The minimum absolute atomic E-state index is 0.00924. The zero-order chi connectivity index (χ0) is 20.1. The number of anilines is 1. The molecule has 0 saturated carbocycles. The number of rotatable bonds is 4. The molecule has 0 bridgehead atoms. The van der Waals surface area contributed by atoms with Gasteiger partial charge in [-0.25, -0.2) is 0 Å². The summed E-state index contributed by atoms with van der Waals surface area (Å²) >= 11 is 8.59. The highest BCUT2D eigenvalue weighted by Crippen LogP contribution is 2.23. The van der Waals surface area contributed by atoms with Crippen LogP contribution in [0.4, 0.5) is 5.69 Å². The lowest BCUT2D eigenvalue weighted by Crippen LogP contribution is -2.34. The summed E-state index contributed by atoms with van der Waals surface area (Å²) in [5.41, 5.74) is 1.59. The maximum Gasteiger partial charge on any atom is 0.261 e. The first-order chi connectivity index (χ1) is 13.5. The average molecular weight is 462 g/mol. The molecule has 2 amide bonds. The molecule has 0 radical (unpaired) electrons. The van der Waals surface area contributed by atoms with Gasteiger partial charge in [0.05, 0.1) is 12.7 Å². The first kappa shape index (κ1) is 20.3. The Morgan fingerprint density at radius 3 is 2.61 bits per heavy atom. The minimum atomic E-state index is -0.389. The number of amides is 2. The number of likely N-dealkylation sites (tertiary alicyclic amines) is 1. The molecule has 1 saturated heterocycles. The number of nitrogens with zero attached hydrogens (tertiary/aromatic N) is 1. The van der Waals surface area contributed by atoms with Gasteiger partial charge in [-0.05, 0) is 61.5 Å². The molecular formula is C20H20BrN3O3S. The highest BCUT2D eigenvalue weighted by molar-refractivity contribution is 9.10. The molecule has 2 aromatic rings. The van der Waals surface area contributed by atoms with Gasteiger partial charge < -0.3 is 15.0 Å². The zero-order valence-corrected chi connectivity index (χ0v) is 17.7. The molecule has 8 heteroatoms. The second-order valence-corrected chi connectivity index (χ2v) is 7.66. The second kappa shape index (κ2) is 9.16. The third kappa shape index (κ3) is 4.88. The molecule has 0 unspecified atom stereocenters. The van der Waals surface area contributed by atoms with E-state index in [4.69, 9.17) is 17.0 Å². The van der Waals surface area contributed by atoms with E-state index in [1.165, 1.54) is 7.11 Å². The molecule has 0 aromatic heterocycles. The van der Waals surface area contributed by atoms with Gasteiger partial charge in [-0.3, -0.25) is 14.9 Å². The number of hydrogen-bond donors (Lipinski definition) is 2. The number of carbonyl (C=O) groups is 2. The van der Waals surface area contributed by atoms with Crippen molar-refractivity contribution in [3.63, 3.8) is 0 Å². The normalized spacial score (nSPS) is 13.1. The summed E-state index contributed by atoms with van der Waals surface area (Å²) in [6.07, 6.45) is 2.08. The Bertz CT molecular complexity index is 913. The van der Waals surface area contributed by atoms with Gasteiger partial charge in [-0.2, -0.15) is 0 Å². The van der Waals surface area contributed by atoms with E-state index < -0.39 is 0 Å². The van der Waals surface area contributed by atoms with E-state index in [9.17, 15) is 9.59 Å². The van der Waals surface area contributed by atoms with Crippen molar-refractivity contribution in [3.8, 4) is 5.75 Å². The predicted octanol–water partition coefficient (Wildman–Crippen LogP) is 3.82. The van der Waals surface area contributed by atoms with Crippen LogP contribution in [0, 0.1) is 0 Å². The number of thiocarbonyl (C=S) groups is 1. The number of carbonyl (C=O) groups excluding carboxylic acids is 2. The first-order valence-electron chi connectivity index (χ1n) is 8.83. The molecule has 1 heterocycles. The topological polar surface area (TPSA) is 70.7 Å². The Balaban J connectivity index is 1.66. The summed E-state index contributed by atoms with van der Waals surface area (Å²) in [5.74, 6) is 0.0663. The Kier molecular flexibility index (Phi) is 6.64. The molecule has 1 aliphatic heterocycles. The van der Waals surface area contributed by atoms with E-state index in [2.05, 4.69) is 26.6 Å². The van der Waals surface area contributed by atoms with Crippen LogP contribution in [-0.2, 0) is 0 Å². The molecule has 146 valence electrons. The number of hydrogen-bond acceptors (Lipinski definition) is 4. The van der Waals surface area contributed by atoms with Crippen molar-refractivity contribution in [2.24, 2.45) is 0 Å². The zero-order valence-electron chi connectivity index (χ0n) is 15.3. The van der Waals surface area contributed by atoms with Crippen LogP contribution in [-0.4, -0.2) is 42.0 Å². The fraction of sp³-hybridized carbons (Fsp3) is 0.250. The Hall–Kier alpha value is -2.45. The first-order valence-corrected chi connectivity index (χ1v) is 10.0. The number of ether oxygens (including phenoxy) is 1. The van der Waals surface area contributed by atoms with E-state index in [0.717, 1.165) is 30.4 Å². The van der Waals surface area contributed by atoms with Crippen molar-refractivity contribution >= 4 is 50.8 Å². The van der Waals surface area contributed by atoms with Crippen LogP contribution in [0.15, 0.2) is 46.9 Å². The average Bonchev–Trinajstić information content (AvgIpc) is 3.22. The van der Waals surface area contributed by atoms with Gasteiger partial charge in [-0.1, -0.05) is 22.0 Å². The summed E-state index contributed by atoms with van der Waals surface area (Å²) in [4.78, 5) is 26.9. The van der Waals surface area contributed by atoms with Gasteiger partial charge in [0.2, 0.25) is 0 Å². The standard InChI is InChI=1S/C20H20BrN3O3S/c1-27-17-8-7-14(21)12-16(17)18(25)23-20(28)22-15-6-4-5-13(11-15)19(26)24-9-2-3-10-24/h4-8,11-12H,2-3,9-10H2,1H3,(H2,22,23,25,28). The van der Waals surface area contributed by atoms with E-state index >= 15 is 0 Å². The van der Waals surface area contributed by atoms with Crippen LogP contribution >= 0.6 is 28.1 Å². The summed E-state index contributed by atoms with van der Waals surface area (Å²) in [5, 5.41) is 5.73. The van der Waals surface area contributed by atoms with Gasteiger partial charge in [0.15, 0.2) is 5.11 Å². The Morgan fingerprint density at radius 1 is 1.14 bits per heavy atom. The summed E-state index contributed by atoms with van der Waals surface area (Å²) in [6.45, 7) is 1.58. The van der Waals surface area contributed by atoms with Gasteiger partial charge >= 0.3 is 0 Å². The van der Waals surface area contributed by atoms with Gasteiger partial charge in [0, 0.05) is 28.8 Å². The summed E-state index contributed by atoms with van der Waals surface area (Å²) in [6, 6.07) is 12.2. The Morgan fingerprint density at radius 2 is 1.89 bits per heavy atom. The minimum Gasteiger partial charge on any atom is -0.496 e. The van der Waals surface area contributed by atoms with Gasteiger partial charge in [0.1, 0.15) is 5.75 Å². The smallest absolute Gasteiger partial charge is 0.261 e. The van der Waals surface area contributed by atoms with E-state index in [-0.39, 0.29) is 16.9 Å². The maximum atomic E-state index is 12.5. The fourth-order valence-electron chi connectivity index (χ4n) is 3.02. The molecule has 6 nitrogen and oxygen atoms in total. The lowest BCUT2D eigenvalue weighted by molar-refractivity contribution is 0.0792. The van der Waals surface area contributed by atoms with Crippen LogP contribution in [0.1, 0.15) is 33.6 Å². The number of benzene rings is 2. The predicted molar refractivity (Wildman–Crippen MR) is 116 cm³/mol. The molecule has 0 atom stereocenters. The van der Waals surface area contributed by atoms with Crippen LogP contribution in [0.2, 0.25) is 0 Å². The molecule has 3 rings (SSSR count). The highest BCUT2D eigenvalue weighted by atomic mass is 79.9. The lowest BCUT2D eigenvalue weighted by atomic mass is 10.1. The lowest BCUT2D eigenvalue weighted by Gasteiger charge is -2.16. The second-order valence-electron chi connectivity index (χ2n) is 6.33. The van der Waals surface area contributed by atoms with E-state index in [0.29, 0.717) is 22.6 Å². The van der Waals surface area contributed by atoms with Crippen molar-refractivity contribution < 1.29 is 14.3 Å². The third-order valence-electron chi connectivity index (χ3n) is 4.39. The van der Waals surface area contributed by atoms with E-state index in [1.807, 2.05) is 4.90 Å². The van der Waals surface area contributed by atoms with Crippen molar-refractivity contribution in [1.82, 2.24) is 10.2 Å². The molecule has 1 aliphatic rings. The van der Waals surface area contributed by atoms with E-state index in [1.54, 1.807) is 42.5 Å². The molecular weight excluding hydrogens is 442 g/mol. The molecule has 2 N–H and O–H groups in total. The van der Waals surface area contributed by atoms with Crippen molar-refractivity contribution in [1.29, 1.82) is 0 Å². The van der Waals surface area contributed by atoms with Crippen LogP contribution in [0.3, 0.4) is 0 Å². The molecule has 1 fully saturated rings. The summed E-state index contributed by atoms with van der Waals surface area (Å²) in [7, 11) is 1.50. The largest absolute Gasteiger partial charge is 0.496 e. The quantitative estimate of drug-likeness (QED) is 0.677. The number of nitrogens with one attached hydrogen (secondary N) is 2. The fourth-order valence-corrected chi connectivity index (χ4v) is 3.59. The monoisotopic (exact) mass is 461 g/mol. The third-order valence-corrected chi connectivity index (χ3v) is 5.09. The maximum absolute atomic E-state index is 12.5. The molecule has 0 aliphatic carbocycles.